The summed E-state index contributed by atoms with van der Waals surface area (Å²) in [4.78, 5) is 11.3. The highest BCUT2D eigenvalue weighted by atomic mass is 35.5. The van der Waals surface area contributed by atoms with Crippen LogP contribution in [0.1, 0.15) is 18.0 Å². The Bertz CT molecular complexity index is 603. The Hall–Kier alpha value is -2.20. The smallest absolute Gasteiger partial charge is 0.407 e. The number of para-hydroxylation sites is 1. The van der Waals surface area contributed by atoms with Crippen LogP contribution in [0.3, 0.4) is 0 Å². The number of ether oxygens (including phenoxy) is 2. The fourth-order valence-corrected chi connectivity index (χ4v) is 2.19. The van der Waals surface area contributed by atoms with Crippen molar-refractivity contribution in [2.24, 2.45) is 0 Å². The molecule has 1 saturated heterocycles. The Morgan fingerprint density at radius 2 is 1.81 bits per heavy atom. The number of benzene rings is 2. The average Bonchev–Trinajstić information content (AvgIpc) is 2.49. The predicted octanol–water partition coefficient (Wildman–Crippen LogP) is 4.07. The molecule has 0 spiro atoms. The molecule has 5 heteroatoms. The van der Waals surface area contributed by atoms with Crippen molar-refractivity contribution in [2.75, 3.05) is 6.61 Å². The van der Waals surface area contributed by atoms with Crippen LogP contribution in [-0.2, 0) is 4.74 Å². The lowest BCUT2D eigenvalue weighted by atomic mass is 10.0. The number of carbonyl (C=O) groups excluding carboxylic acids is 1. The second kappa shape index (κ2) is 6.99. The minimum atomic E-state index is -0.365. The van der Waals surface area contributed by atoms with Crippen LogP contribution in [0.5, 0.6) is 11.5 Å². The fraction of sp³-hybridized carbons (Fsp3) is 0.188. The first-order valence-electron chi connectivity index (χ1n) is 6.57. The number of cyclic esters (lactones) is 1. The van der Waals surface area contributed by atoms with E-state index in [4.69, 9.17) is 9.47 Å². The summed E-state index contributed by atoms with van der Waals surface area (Å²) in [5.41, 5.74) is 1.02. The van der Waals surface area contributed by atoms with E-state index < -0.39 is 0 Å². The van der Waals surface area contributed by atoms with Crippen LogP contribution < -0.4 is 10.1 Å². The van der Waals surface area contributed by atoms with Crippen LogP contribution in [0.25, 0.3) is 0 Å². The molecular weight excluding hydrogens is 290 g/mol. The number of halogens is 1. The fourth-order valence-electron chi connectivity index (χ4n) is 2.19. The Kier molecular flexibility index (Phi) is 5.06. The molecule has 1 aliphatic rings. The van der Waals surface area contributed by atoms with Crippen LogP contribution in [0.4, 0.5) is 4.79 Å². The van der Waals surface area contributed by atoms with Gasteiger partial charge in [-0.1, -0.05) is 30.3 Å². The molecule has 0 saturated carbocycles. The highest BCUT2D eigenvalue weighted by Crippen LogP contribution is 2.26. The molecule has 0 bridgehead atoms. The number of rotatable bonds is 3. The second-order valence-electron chi connectivity index (χ2n) is 4.61. The Morgan fingerprint density at radius 1 is 1.05 bits per heavy atom. The molecule has 1 heterocycles. The number of hydrogen-bond acceptors (Lipinski definition) is 3. The van der Waals surface area contributed by atoms with Gasteiger partial charge < -0.3 is 14.8 Å². The summed E-state index contributed by atoms with van der Waals surface area (Å²) in [6.07, 6.45) is 0.399. The van der Waals surface area contributed by atoms with E-state index in [2.05, 4.69) is 5.32 Å². The summed E-state index contributed by atoms with van der Waals surface area (Å²) in [5, 5.41) is 2.81. The first-order chi connectivity index (χ1) is 9.81. The first kappa shape index (κ1) is 15.2. The third kappa shape index (κ3) is 3.89. The van der Waals surface area contributed by atoms with Crippen molar-refractivity contribution in [3.05, 3.63) is 60.2 Å². The van der Waals surface area contributed by atoms with Crippen LogP contribution in [0, 0.1) is 0 Å². The van der Waals surface area contributed by atoms with Crippen molar-refractivity contribution >= 4 is 18.5 Å². The van der Waals surface area contributed by atoms with Gasteiger partial charge >= 0.3 is 6.09 Å². The Balaban J connectivity index is 0.00000161. The van der Waals surface area contributed by atoms with Crippen molar-refractivity contribution in [1.29, 1.82) is 0 Å². The largest absolute Gasteiger partial charge is 0.457 e. The maximum Gasteiger partial charge on any atom is 0.407 e. The maximum atomic E-state index is 11.3. The predicted molar refractivity (Wildman–Crippen MR) is 82.0 cm³/mol. The molecule has 0 unspecified atom stereocenters. The maximum absolute atomic E-state index is 11.3. The lowest BCUT2D eigenvalue weighted by Gasteiger charge is -2.24. The van der Waals surface area contributed by atoms with Gasteiger partial charge in [0.05, 0.1) is 12.6 Å². The normalized spacial score (nSPS) is 17.1. The molecule has 4 nitrogen and oxygen atoms in total. The topological polar surface area (TPSA) is 47.6 Å². The summed E-state index contributed by atoms with van der Waals surface area (Å²) in [7, 11) is 0. The van der Waals surface area contributed by atoms with Gasteiger partial charge in [0.2, 0.25) is 0 Å². The quantitative estimate of drug-likeness (QED) is 0.929. The van der Waals surface area contributed by atoms with Crippen molar-refractivity contribution in [2.45, 2.75) is 12.5 Å². The number of alkyl carbamates (subject to hydrolysis) is 1. The summed E-state index contributed by atoms with van der Waals surface area (Å²) in [6.45, 7) is 0.445. The molecule has 110 valence electrons. The number of nitrogens with one attached hydrogen (secondary N) is 1. The molecule has 1 N–H and O–H groups in total. The van der Waals surface area contributed by atoms with E-state index in [0.717, 1.165) is 23.5 Å². The molecule has 3 rings (SSSR count). The molecule has 1 amide bonds. The van der Waals surface area contributed by atoms with E-state index in [1.165, 1.54) is 0 Å². The van der Waals surface area contributed by atoms with E-state index >= 15 is 0 Å². The molecule has 1 aliphatic heterocycles. The molecule has 2 aromatic rings. The van der Waals surface area contributed by atoms with Gasteiger partial charge in [0.25, 0.3) is 0 Å². The first-order valence-corrected chi connectivity index (χ1v) is 6.57. The zero-order valence-corrected chi connectivity index (χ0v) is 12.1. The minimum absolute atomic E-state index is 0. The zero-order valence-electron chi connectivity index (χ0n) is 11.3. The van der Waals surface area contributed by atoms with E-state index in [-0.39, 0.29) is 24.5 Å². The van der Waals surface area contributed by atoms with Gasteiger partial charge in [-0.3, -0.25) is 0 Å². The van der Waals surface area contributed by atoms with Gasteiger partial charge in [0, 0.05) is 6.42 Å². The van der Waals surface area contributed by atoms with Crippen molar-refractivity contribution in [3.8, 4) is 11.5 Å². The summed E-state index contributed by atoms with van der Waals surface area (Å²) in [6, 6.07) is 17.3. The molecular formula is C16H16ClNO3. The third-order valence-corrected chi connectivity index (χ3v) is 3.17. The van der Waals surface area contributed by atoms with Gasteiger partial charge in [0.15, 0.2) is 0 Å². The summed E-state index contributed by atoms with van der Waals surface area (Å²) in [5.74, 6) is 1.55. The third-order valence-electron chi connectivity index (χ3n) is 3.17. The van der Waals surface area contributed by atoms with Gasteiger partial charge in [-0.05, 0) is 29.8 Å². The van der Waals surface area contributed by atoms with E-state index in [1.807, 2.05) is 54.6 Å². The molecule has 2 aromatic carbocycles. The SMILES string of the molecule is Cl.O=C1N[C@H](c2cccc(Oc3ccccc3)c2)CCO1. The van der Waals surface area contributed by atoms with E-state index in [9.17, 15) is 4.79 Å². The molecule has 1 atom stereocenters. The van der Waals surface area contributed by atoms with Crippen LogP contribution in [-0.4, -0.2) is 12.7 Å². The molecule has 0 radical (unpaired) electrons. The number of hydrogen-bond donors (Lipinski definition) is 1. The van der Waals surface area contributed by atoms with Gasteiger partial charge in [-0.2, -0.15) is 0 Å². The summed E-state index contributed by atoms with van der Waals surface area (Å²) >= 11 is 0. The van der Waals surface area contributed by atoms with E-state index in [0.29, 0.717) is 6.61 Å². The average molecular weight is 306 g/mol. The van der Waals surface area contributed by atoms with Crippen LogP contribution in [0.2, 0.25) is 0 Å². The minimum Gasteiger partial charge on any atom is -0.457 e. The van der Waals surface area contributed by atoms with Crippen molar-refractivity contribution in [3.63, 3.8) is 0 Å². The molecule has 0 aromatic heterocycles. The molecule has 1 fully saturated rings. The standard InChI is InChI=1S/C16H15NO3.ClH/c18-16-17-15(9-10-19-16)12-5-4-8-14(11-12)20-13-6-2-1-3-7-13;/h1-8,11,15H,9-10H2,(H,17,18);1H/t15-;/m0./s1. The Morgan fingerprint density at radius 3 is 2.57 bits per heavy atom. The zero-order chi connectivity index (χ0) is 13.8. The lowest BCUT2D eigenvalue weighted by Crippen LogP contribution is -2.35. The van der Waals surface area contributed by atoms with Crippen LogP contribution >= 0.6 is 12.4 Å². The van der Waals surface area contributed by atoms with Crippen molar-refractivity contribution < 1.29 is 14.3 Å². The highest BCUT2D eigenvalue weighted by molar-refractivity contribution is 5.85. The summed E-state index contributed by atoms with van der Waals surface area (Å²) < 4.78 is 10.7. The second-order valence-corrected chi connectivity index (χ2v) is 4.61. The van der Waals surface area contributed by atoms with E-state index in [1.54, 1.807) is 0 Å². The molecule has 21 heavy (non-hydrogen) atoms. The van der Waals surface area contributed by atoms with Gasteiger partial charge in [-0.15, -0.1) is 12.4 Å². The highest BCUT2D eigenvalue weighted by Gasteiger charge is 2.20. The Labute approximate surface area is 129 Å². The van der Waals surface area contributed by atoms with Crippen molar-refractivity contribution in [1.82, 2.24) is 5.32 Å². The molecule has 0 aliphatic carbocycles. The van der Waals surface area contributed by atoms with Gasteiger partial charge in [-0.25, -0.2) is 4.79 Å². The van der Waals surface area contributed by atoms with Gasteiger partial charge in [0.1, 0.15) is 11.5 Å². The monoisotopic (exact) mass is 305 g/mol. The van der Waals surface area contributed by atoms with Crippen LogP contribution in [0.15, 0.2) is 54.6 Å². The lowest BCUT2D eigenvalue weighted by molar-refractivity contribution is 0.115. The number of amides is 1. The number of carbonyl (C=O) groups is 1.